The van der Waals surface area contributed by atoms with Crippen LogP contribution in [0.15, 0.2) is 47.5 Å². The second-order valence-electron chi connectivity index (χ2n) is 7.44. The second-order valence-corrected chi connectivity index (χ2v) is 7.44. The highest BCUT2D eigenvalue weighted by molar-refractivity contribution is 5.97. The summed E-state index contributed by atoms with van der Waals surface area (Å²) in [6.07, 6.45) is 1.60. The fourth-order valence-electron chi connectivity index (χ4n) is 2.96. The molecule has 8 heteroatoms. The molecule has 8 nitrogen and oxygen atoms in total. The van der Waals surface area contributed by atoms with Crippen molar-refractivity contribution in [2.45, 2.75) is 39.2 Å². The van der Waals surface area contributed by atoms with Crippen molar-refractivity contribution in [2.75, 3.05) is 13.2 Å². The molecule has 0 aliphatic carbocycles. The number of aliphatic imine (C=N–C) groups is 1. The number of guanidine groups is 1. The topological polar surface area (TPSA) is 146 Å². The van der Waals surface area contributed by atoms with Gasteiger partial charge in [0.05, 0.1) is 6.61 Å². The third-order valence-electron chi connectivity index (χ3n) is 4.81. The van der Waals surface area contributed by atoms with E-state index >= 15 is 0 Å². The van der Waals surface area contributed by atoms with Gasteiger partial charge in [0.2, 0.25) is 5.91 Å². The smallest absolute Gasteiger partial charge is 0.252 e. The van der Waals surface area contributed by atoms with Gasteiger partial charge in [-0.2, -0.15) is 0 Å². The molecule has 0 radical (unpaired) electrons. The van der Waals surface area contributed by atoms with E-state index in [4.69, 9.17) is 21.9 Å². The minimum absolute atomic E-state index is 0.0192. The number of nitrogens with one attached hydrogen (secondary N) is 1. The van der Waals surface area contributed by atoms with E-state index in [9.17, 15) is 9.59 Å². The molecular formula is C23H31N5O3. The monoisotopic (exact) mass is 425 g/mol. The Kier molecular flexibility index (Phi) is 8.87. The van der Waals surface area contributed by atoms with Crippen LogP contribution in [0.25, 0.3) is 0 Å². The molecule has 2 aromatic carbocycles. The fraction of sp³-hybridized carbons (Fsp3) is 0.348. The highest BCUT2D eigenvalue weighted by Crippen LogP contribution is 2.20. The van der Waals surface area contributed by atoms with E-state index in [1.165, 1.54) is 11.1 Å². The normalized spacial score (nSPS) is 11.4. The van der Waals surface area contributed by atoms with Crippen molar-refractivity contribution in [3.63, 3.8) is 0 Å². The van der Waals surface area contributed by atoms with Gasteiger partial charge in [0, 0.05) is 18.5 Å². The van der Waals surface area contributed by atoms with Crippen LogP contribution in [0.1, 0.15) is 39.9 Å². The van der Waals surface area contributed by atoms with Gasteiger partial charge in [-0.25, -0.2) is 0 Å². The molecule has 0 aromatic heterocycles. The SMILES string of the molecule is Cc1ccc(CCOc2cc(C(=O)N[C@@H](CCCN=C(N)N)C(N)=O)ccc2C)cc1. The summed E-state index contributed by atoms with van der Waals surface area (Å²) in [5, 5.41) is 2.67. The van der Waals surface area contributed by atoms with E-state index in [-0.39, 0.29) is 5.96 Å². The van der Waals surface area contributed by atoms with Gasteiger partial charge in [-0.1, -0.05) is 35.9 Å². The van der Waals surface area contributed by atoms with Crippen molar-refractivity contribution < 1.29 is 14.3 Å². The molecule has 2 aromatic rings. The van der Waals surface area contributed by atoms with Crippen molar-refractivity contribution >= 4 is 17.8 Å². The van der Waals surface area contributed by atoms with Gasteiger partial charge in [0.1, 0.15) is 11.8 Å². The molecule has 0 heterocycles. The first-order chi connectivity index (χ1) is 14.8. The van der Waals surface area contributed by atoms with E-state index in [0.717, 1.165) is 12.0 Å². The molecule has 2 amide bonds. The first-order valence-electron chi connectivity index (χ1n) is 10.2. The number of ether oxygens (including phenoxy) is 1. The van der Waals surface area contributed by atoms with Gasteiger partial charge in [-0.05, 0) is 49.9 Å². The third-order valence-corrected chi connectivity index (χ3v) is 4.81. The van der Waals surface area contributed by atoms with Crippen molar-refractivity contribution in [3.05, 3.63) is 64.7 Å². The number of carbonyl (C=O) groups excluding carboxylic acids is 2. The number of carbonyl (C=O) groups is 2. The zero-order valence-electron chi connectivity index (χ0n) is 18.1. The summed E-state index contributed by atoms with van der Waals surface area (Å²) in [5.74, 6) is -0.397. The van der Waals surface area contributed by atoms with Crippen LogP contribution in [0.4, 0.5) is 0 Å². The van der Waals surface area contributed by atoms with E-state index in [1.54, 1.807) is 12.1 Å². The van der Waals surface area contributed by atoms with Gasteiger partial charge in [-0.3, -0.25) is 14.6 Å². The maximum Gasteiger partial charge on any atom is 0.252 e. The first kappa shape index (κ1) is 23.7. The van der Waals surface area contributed by atoms with Crippen LogP contribution < -0.4 is 27.3 Å². The molecule has 0 spiro atoms. The largest absolute Gasteiger partial charge is 0.493 e. The Morgan fingerprint density at radius 1 is 1.06 bits per heavy atom. The lowest BCUT2D eigenvalue weighted by Crippen LogP contribution is -2.44. The molecule has 0 fully saturated rings. The number of rotatable bonds is 11. The van der Waals surface area contributed by atoms with Crippen LogP contribution in [0, 0.1) is 13.8 Å². The Labute approximate surface area is 182 Å². The predicted molar refractivity (Wildman–Crippen MR) is 122 cm³/mol. The Morgan fingerprint density at radius 3 is 2.42 bits per heavy atom. The molecule has 0 unspecified atom stereocenters. The van der Waals surface area contributed by atoms with E-state index in [2.05, 4.69) is 34.6 Å². The summed E-state index contributed by atoms with van der Waals surface area (Å²) in [6.45, 7) is 4.81. The van der Waals surface area contributed by atoms with Crippen molar-refractivity contribution in [2.24, 2.45) is 22.2 Å². The lowest BCUT2D eigenvalue weighted by Gasteiger charge is -2.16. The average molecular weight is 426 g/mol. The zero-order valence-corrected chi connectivity index (χ0v) is 18.1. The van der Waals surface area contributed by atoms with Crippen LogP contribution >= 0.6 is 0 Å². The number of hydrogen-bond acceptors (Lipinski definition) is 4. The zero-order chi connectivity index (χ0) is 22.8. The first-order valence-corrected chi connectivity index (χ1v) is 10.2. The summed E-state index contributed by atoms with van der Waals surface area (Å²) in [6, 6.07) is 12.7. The number of primary amides is 1. The van der Waals surface area contributed by atoms with Crippen molar-refractivity contribution in [1.29, 1.82) is 0 Å². The van der Waals surface area contributed by atoms with Gasteiger partial charge in [-0.15, -0.1) is 0 Å². The summed E-state index contributed by atoms with van der Waals surface area (Å²) in [4.78, 5) is 28.2. The average Bonchev–Trinajstić information content (AvgIpc) is 2.72. The van der Waals surface area contributed by atoms with Crippen molar-refractivity contribution in [3.8, 4) is 5.75 Å². The molecule has 0 aliphatic heterocycles. The number of amides is 2. The Hall–Kier alpha value is -3.55. The van der Waals surface area contributed by atoms with Gasteiger partial charge in [0.15, 0.2) is 5.96 Å². The Balaban J connectivity index is 1.96. The van der Waals surface area contributed by atoms with Crippen LogP contribution in [-0.4, -0.2) is 37.0 Å². The van der Waals surface area contributed by atoms with Crippen LogP contribution in [-0.2, 0) is 11.2 Å². The number of nitrogens with zero attached hydrogens (tertiary/aromatic N) is 1. The number of benzene rings is 2. The van der Waals surface area contributed by atoms with E-state index in [0.29, 0.717) is 37.3 Å². The summed E-state index contributed by atoms with van der Waals surface area (Å²) in [7, 11) is 0. The minimum atomic E-state index is -0.811. The quantitative estimate of drug-likeness (QED) is 0.245. The van der Waals surface area contributed by atoms with Crippen molar-refractivity contribution in [1.82, 2.24) is 5.32 Å². The Morgan fingerprint density at radius 2 is 1.77 bits per heavy atom. The lowest BCUT2D eigenvalue weighted by molar-refractivity contribution is -0.120. The standard InChI is InChI=1S/C23H31N5O3/c1-15-5-8-17(9-6-15)11-13-31-20-14-18(10-7-16(20)2)22(30)28-19(21(24)29)4-3-12-27-23(25)26/h5-10,14,19H,3-4,11-13H2,1-2H3,(H2,24,29)(H,28,30)(H4,25,26,27)/t19-/m0/s1. The third kappa shape index (κ3) is 8.00. The van der Waals surface area contributed by atoms with Gasteiger partial charge >= 0.3 is 0 Å². The van der Waals surface area contributed by atoms with E-state index < -0.39 is 17.9 Å². The predicted octanol–water partition coefficient (Wildman–Crippen LogP) is 1.56. The summed E-state index contributed by atoms with van der Waals surface area (Å²) < 4.78 is 5.91. The molecule has 31 heavy (non-hydrogen) atoms. The molecule has 0 saturated heterocycles. The highest BCUT2D eigenvalue weighted by Gasteiger charge is 2.19. The van der Waals surface area contributed by atoms with Crippen LogP contribution in [0.3, 0.4) is 0 Å². The van der Waals surface area contributed by atoms with Gasteiger partial charge in [0.25, 0.3) is 5.91 Å². The fourth-order valence-corrected chi connectivity index (χ4v) is 2.96. The van der Waals surface area contributed by atoms with Crippen LogP contribution in [0.5, 0.6) is 5.75 Å². The van der Waals surface area contributed by atoms with Gasteiger partial charge < -0.3 is 27.3 Å². The summed E-state index contributed by atoms with van der Waals surface area (Å²) >= 11 is 0. The molecule has 0 saturated carbocycles. The number of aryl methyl sites for hydroxylation is 2. The molecule has 7 N–H and O–H groups in total. The highest BCUT2D eigenvalue weighted by atomic mass is 16.5. The summed E-state index contributed by atoms with van der Waals surface area (Å²) in [5.41, 5.74) is 19.7. The van der Waals surface area contributed by atoms with E-state index in [1.807, 2.05) is 19.9 Å². The molecule has 2 rings (SSSR count). The molecule has 166 valence electrons. The molecular weight excluding hydrogens is 394 g/mol. The molecule has 1 atom stereocenters. The maximum absolute atomic E-state index is 12.6. The molecule has 0 aliphatic rings. The molecule has 0 bridgehead atoms. The van der Waals surface area contributed by atoms with Crippen LogP contribution in [0.2, 0.25) is 0 Å². The lowest BCUT2D eigenvalue weighted by atomic mass is 10.1. The Bertz CT molecular complexity index is 921. The second kappa shape index (κ2) is 11.6. The maximum atomic E-state index is 12.6. The number of nitrogens with two attached hydrogens (primary N) is 3. The minimum Gasteiger partial charge on any atom is -0.493 e. The number of hydrogen-bond donors (Lipinski definition) is 4.